The zero-order valence-electron chi connectivity index (χ0n) is 12.5. The zero-order valence-corrected chi connectivity index (χ0v) is 12.5. The lowest BCUT2D eigenvalue weighted by molar-refractivity contribution is -0.153. The van der Waals surface area contributed by atoms with Crippen molar-refractivity contribution in [3.05, 3.63) is 11.6 Å². The average Bonchev–Trinajstić information content (AvgIpc) is 2.99. The van der Waals surface area contributed by atoms with Gasteiger partial charge in [-0.15, -0.1) is 0 Å². The summed E-state index contributed by atoms with van der Waals surface area (Å²) in [7, 11) is 0. The van der Waals surface area contributed by atoms with Crippen LogP contribution in [0.25, 0.3) is 0 Å². The smallest absolute Gasteiger partial charge is 0.320 e. The lowest BCUT2D eigenvalue weighted by atomic mass is 9.56. The summed E-state index contributed by atoms with van der Waals surface area (Å²) in [6.45, 7) is 5.79. The van der Waals surface area contributed by atoms with Gasteiger partial charge in [0.2, 0.25) is 0 Å². The first-order valence-corrected chi connectivity index (χ1v) is 7.27. The van der Waals surface area contributed by atoms with E-state index in [1.54, 1.807) is 6.08 Å². The van der Waals surface area contributed by atoms with Gasteiger partial charge in [0, 0.05) is 0 Å². The Kier molecular flexibility index (Phi) is 2.21. The van der Waals surface area contributed by atoms with Crippen LogP contribution >= 0.6 is 0 Å². The topological polar surface area (TPSA) is 102 Å². The molecule has 4 rings (SSSR count). The predicted molar refractivity (Wildman–Crippen MR) is 70.9 cm³/mol. The lowest BCUT2D eigenvalue weighted by Gasteiger charge is -2.41. The number of ether oxygens (including phenoxy) is 2. The van der Waals surface area contributed by atoms with Crippen molar-refractivity contribution >= 4 is 17.8 Å². The molecule has 22 heavy (non-hydrogen) atoms. The summed E-state index contributed by atoms with van der Waals surface area (Å²) in [5, 5.41) is 13.2. The summed E-state index contributed by atoms with van der Waals surface area (Å²) in [6, 6.07) is 0. The van der Waals surface area contributed by atoms with Gasteiger partial charge in [-0.1, -0.05) is 20.8 Å². The number of nitrogens with one attached hydrogen (secondary N) is 1. The van der Waals surface area contributed by atoms with Crippen LogP contribution in [0, 0.1) is 16.2 Å². The Morgan fingerprint density at radius 1 is 1.27 bits per heavy atom. The van der Waals surface area contributed by atoms with E-state index in [4.69, 9.17) is 9.47 Å². The summed E-state index contributed by atoms with van der Waals surface area (Å²) < 4.78 is 10.7. The number of hydrogen-bond acceptors (Lipinski definition) is 6. The molecule has 5 atom stereocenters. The molecule has 0 aromatic carbocycles. The monoisotopic (exact) mass is 307 g/mol. The molecule has 0 bridgehead atoms. The maximum atomic E-state index is 12.6. The normalized spacial score (nSPS) is 45.7. The summed E-state index contributed by atoms with van der Waals surface area (Å²) in [4.78, 5) is 36.5. The molecule has 3 heterocycles. The van der Waals surface area contributed by atoms with E-state index in [0.717, 1.165) is 5.57 Å². The second kappa shape index (κ2) is 3.53. The van der Waals surface area contributed by atoms with Gasteiger partial charge in [0.05, 0.1) is 6.42 Å². The van der Waals surface area contributed by atoms with Crippen molar-refractivity contribution in [2.75, 3.05) is 0 Å². The Labute approximate surface area is 126 Å². The largest absolute Gasteiger partial charge is 0.457 e. The summed E-state index contributed by atoms with van der Waals surface area (Å²) in [5.74, 6) is -1.70. The molecule has 1 amide bonds. The molecule has 0 aromatic rings. The summed E-state index contributed by atoms with van der Waals surface area (Å²) in [6.07, 6.45) is -1.67. The van der Waals surface area contributed by atoms with Crippen LogP contribution in [0.2, 0.25) is 0 Å². The first kappa shape index (κ1) is 13.8. The SMILES string of the molecule is CC(C)(C)C1=C[C@@H]2OC(=O)C[C@@]23C(=O)O[C@@H]2NC(=O)[C@H](O)C123. The lowest BCUT2D eigenvalue weighted by Crippen LogP contribution is -2.54. The van der Waals surface area contributed by atoms with E-state index in [1.165, 1.54) is 0 Å². The molecule has 0 saturated carbocycles. The van der Waals surface area contributed by atoms with Crippen molar-refractivity contribution in [3.8, 4) is 0 Å². The highest BCUT2D eigenvalue weighted by atomic mass is 16.6. The maximum Gasteiger partial charge on any atom is 0.320 e. The number of carbonyl (C=O) groups is 3. The molecule has 3 saturated heterocycles. The van der Waals surface area contributed by atoms with Gasteiger partial charge in [-0.25, -0.2) is 0 Å². The van der Waals surface area contributed by atoms with E-state index < -0.39 is 52.5 Å². The van der Waals surface area contributed by atoms with E-state index in [0.29, 0.717) is 0 Å². The van der Waals surface area contributed by atoms with E-state index in [9.17, 15) is 19.5 Å². The third-order valence-corrected chi connectivity index (χ3v) is 5.43. The molecule has 0 aromatic heterocycles. The highest BCUT2D eigenvalue weighted by Crippen LogP contribution is 2.70. The number of esters is 2. The molecule has 1 unspecified atom stereocenters. The molecular weight excluding hydrogens is 290 g/mol. The van der Waals surface area contributed by atoms with Crippen LogP contribution in [0.3, 0.4) is 0 Å². The molecule has 3 aliphatic heterocycles. The van der Waals surface area contributed by atoms with Crippen molar-refractivity contribution in [2.45, 2.75) is 45.6 Å². The van der Waals surface area contributed by atoms with Crippen LogP contribution < -0.4 is 5.32 Å². The van der Waals surface area contributed by atoms with Crippen LogP contribution in [-0.2, 0) is 23.9 Å². The molecule has 118 valence electrons. The molecule has 2 N–H and O–H groups in total. The number of aliphatic hydroxyl groups is 1. The third kappa shape index (κ3) is 1.14. The van der Waals surface area contributed by atoms with Crippen LogP contribution in [0.15, 0.2) is 11.6 Å². The third-order valence-electron chi connectivity index (χ3n) is 5.43. The number of hydrogen-bond donors (Lipinski definition) is 2. The van der Waals surface area contributed by atoms with Gasteiger partial charge >= 0.3 is 11.9 Å². The van der Waals surface area contributed by atoms with Gasteiger partial charge < -0.3 is 19.9 Å². The van der Waals surface area contributed by atoms with E-state index >= 15 is 0 Å². The Morgan fingerprint density at radius 3 is 2.59 bits per heavy atom. The first-order chi connectivity index (χ1) is 10.2. The minimum Gasteiger partial charge on any atom is -0.457 e. The minimum absolute atomic E-state index is 0.185. The highest BCUT2D eigenvalue weighted by molar-refractivity contribution is 5.98. The Morgan fingerprint density at radius 2 is 1.95 bits per heavy atom. The Balaban J connectivity index is 2.03. The van der Waals surface area contributed by atoms with Crippen LogP contribution in [0.4, 0.5) is 0 Å². The predicted octanol–water partition coefficient (Wildman–Crippen LogP) is -0.366. The fourth-order valence-electron chi connectivity index (χ4n) is 4.70. The van der Waals surface area contributed by atoms with Gasteiger partial charge in [-0.3, -0.25) is 14.4 Å². The van der Waals surface area contributed by atoms with Crippen molar-refractivity contribution < 1.29 is 29.0 Å². The van der Waals surface area contributed by atoms with Crippen LogP contribution in [-0.4, -0.2) is 41.4 Å². The van der Waals surface area contributed by atoms with Gasteiger partial charge in [0.25, 0.3) is 5.91 Å². The molecule has 7 heteroatoms. The highest BCUT2D eigenvalue weighted by Gasteiger charge is 2.84. The Hall–Kier alpha value is -1.89. The Bertz CT molecular complexity index is 661. The molecule has 3 fully saturated rings. The van der Waals surface area contributed by atoms with Crippen molar-refractivity contribution in [1.82, 2.24) is 5.32 Å². The van der Waals surface area contributed by atoms with E-state index in [1.807, 2.05) is 20.8 Å². The zero-order chi connectivity index (χ0) is 16.1. The average molecular weight is 307 g/mol. The molecule has 1 aliphatic carbocycles. The second-order valence-electron chi connectivity index (χ2n) is 7.45. The molecular formula is C15H17NO6. The van der Waals surface area contributed by atoms with Crippen LogP contribution in [0.5, 0.6) is 0 Å². The summed E-state index contributed by atoms with van der Waals surface area (Å²) in [5.41, 5.74) is -2.34. The number of aliphatic hydroxyl groups excluding tert-OH is 1. The maximum absolute atomic E-state index is 12.6. The molecule has 2 spiro atoms. The minimum atomic E-state index is -1.45. The number of rotatable bonds is 0. The van der Waals surface area contributed by atoms with Gasteiger partial charge in [-0.05, 0) is 17.1 Å². The first-order valence-electron chi connectivity index (χ1n) is 7.27. The standard InChI is InChI=1S/C15H17NO6/c1-13(2,3)6-4-7-14(5-8(17)21-7)12(20)22-11-15(6,14)9(18)10(19)16-11/h4,7,9,11,18H,5H2,1-3H3,(H,16,19)/t7-,9-,11-,14-,15?/m0/s1. The van der Waals surface area contributed by atoms with Gasteiger partial charge in [0.15, 0.2) is 6.23 Å². The number of carbonyl (C=O) groups excluding carboxylic acids is 3. The van der Waals surface area contributed by atoms with Crippen molar-refractivity contribution in [2.24, 2.45) is 16.2 Å². The van der Waals surface area contributed by atoms with Crippen molar-refractivity contribution in [3.63, 3.8) is 0 Å². The van der Waals surface area contributed by atoms with Crippen molar-refractivity contribution in [1.29, 1.82) is 0 Å². The fourth-order valence-corrected chi connectivity index (χ4v) is 4.70. The molecule has 0 radical (unpaired) electrons. The molecule has 4 aliphatic rings. The molecule has 7 nitrogen and oxygen atoms in total. The van der Waals surface area contributed by atoms with Gasteiger partial charge in [0.1, 0.15) is 23.0 Å². The van der Waals surface area contributed by atoms with E-state index in [2.05, 4.69) is 5.32 Å². The van der Waals surface area contributed by atoms with E-state index in [-0.39, 0.29) is 6.42 Å². The summed E-state index contributed by atoms with van der Waals surface area (Å²) >= 11 is 0. The quantitative estimate of drug-likeness (QED) is 0.468. The fraction of sp³-hybridized carbons (Fsp3) is 0.667. The van der Waals surface area contributed by atoms with Crippen LogP contribution in [0.1, 0.15) is 27.2 Å². The van der Waals surface area contributed by atoms with Gasteiger partial charge in [-0.2, -0.15) is 0 Å². The number of amides is 1. The second-order valence-corrected chi connectivity index (χ2v) is 7.45.